The zero-order chi connectivity index (χ0) is 12.9. The monoisotopic (exact) mass is 260 g/mol. The summed E-state index contributed by atoms with van der Waals surface area (Å²) in [5, 5.41) is 0.0409. The lowest BCUT2D eigenvalue weighted by atomic mass is 10.4. The molecule has 96 valence electrons. The molecule has 0 aliphatic carbocycles. The number of carbonyl (C=O) groups excluding carboxylic acids is 1. The van der Waals surface area contributed by atoms with Gasteiger partial charge in [0.2, 0.25) is 0 Å². The molecule has 0 bridgehead atoms. The Kier molecular flexibility index (Phi) is 6.95. The Hall–Kier alpha value is 0.237. The van der Waals surface area contributed by atoms with Gasteiger partial charge in [-0.2, -0.15) is 0 Å². The molecule has 0 atom stereocenters. The SMILES string of the molecule is CC(C)[Si](CCCC(=O)S)(C(C)C)C(C)C. The highest BCUT2D eigenvalue weighted by Crippen LogP contribution is 2.45. The molecule has 0 aliphatic heterocycles. The summed E-state index contributed by atoms with van der Waals surface area (Å²) >= 11 is 3.86. The largest absolute Gasteiger partial charge is 0.288 e. The summed E-state index contributed by atoms with van der Waals surface area (Å²) in [5.74, 6) is 0. The van der Waals surface area contributed by atoms with Crippen LogP contribution in [0.25, 0.3) is 0 Å². The van der Waals surface area contributed by atoms with E-state index in [1.54, 1.807) is 0 Å². The van der Waals surface area contributed by atoms with Crippen molar-refractivity contribution in [1.82, 2.24) is 0 Å². The van der Waals surface area contributed by atoms with Crippen molar-refractivity contribution in [2.24, 2.45) is 0 Å². The normalized spacial score (nSPS) is 12.9. The van der Waals surface area contributed by atoms with Crippen LogP contribution in [-0.2, 0) is 4.79 Å². The molecule has 0 spiro atoms. The van der Waals surface area contributed by atoms with Crippen LogP contribution >= 0.6 is 12.6 Å². The van der Waals surface area contributed by atoms with Crippen molar-refractivity contribution >= 4 is 25.8 Å². The molecule has 0 radical (unpaired) electrons. The van der Waals surface area contributed by atoms with E-state index in [2.05, 4.69) is 54.2 Å². The van der Waals surface area contributed by atoms with E-state index in [1.807, 2.05) is 0 Å². The Morgan fingerprint density at radius 3 is 1.62 bits per heavy atom. The van der Waals surface area contributed by atoms with Gasteiger partial charge in [0, 0.05) is 6.42 Å². The van der Waals surface area contributed by atoms with E-state index < -0.39 is 8.07 Å². The maximum absolute atomic E-state index is 10.9. The molecular formula is C13H28OSSi. The molecule has 0 rings (SSSR count). The zero-order valence-corrected chi connectivity index (χ0v) is 13.6. The molecule has 0 amide bonds. The van der Waals surface area contributed by atoms with Gasteiger partial charge in [0.1, 0.15) is 0 Å². The first-order chi connectivity index (χ1) is 7.25. The van der Waals surface area contributed by atoms with Crippen LogP contribution < -0.4 is 0 Å². The Bertz CT molecular complexity index is 202. The first-order valence-electron chi connectivity index (χ1n) is 6.46. The van der Waals surface area contributed by atoms with E-state index in [-0.39, 0.29) is 5.12 Å². The van der Waals surface area contributed by atoms with Crippen LogP contribution in [0.15, 0.2) is 0 Å². The summed E-state index contributed by atoms with van der Waals surface area (Å²) in [7, 11) is -1.28. The standard InChI is InChI=1S/C13H28OSSi/c1-10(2)16(11(3)4,12(5)6)9-7-8-13(14)15/h10-12H,7-9H2,1-6H3,(H,14,15). The molecule has 0 aromatic rings. The lowest BCUT2D eigenvalue weighted by Gasteiger charge is -2.43. The third-order valence-corrected chi connectivity index (χ3v) is 12.1. The van der Waals surface area contributed by atoms with Crippen LogP contribution in [0.4, 0.5) is 0 Å². The van der Waals surface area contributed by atoms with Crippen LogP contribution in [0.2, 0.25) is 22.7 Å². The smallest absolute Gasteiger partial charge is 0.185 e. The highest BCUT2D eigenvalue weighted by Gasteiger charge is 2.41. The number of carbonyl (C=O) groups is 1. The summed E-state index contributed by atoms with van der Waals surface area (Å²) in [5.41, 5.74) is 2.38. The van der Waals surface area contributed by atoms with Gasteiger partial charge in [0.15, 0.2) is 5.12 Å². The first-order valence-corrected chi connectivity index (χ1v) is 9.35. The Balaban J connectivity index is 4.70. The third kappa shape index (κ3) is 3.92. The topological polar surface area (TPSA) is 17.1 Å². The van der Waals surface area contributed by atoms with Crippen LogP contribution in [0.1, 0.15) is 54.4 Å². The average Bonchev–Trinajstić information content (AvgIpc) is 2.09. The minimum atomic E-state index is -1.28. The Morgan fingerprint density at radius 2 is 1.38 bits per heavy atom. The number of hydrogen-bond acceptors (Lipinski definition) is 1. The highest BCUT2D eigenvalue weighted by atomic mass is 32.1. The maximum atomic E-state index is 10.9. The van der Waals surface area contributed by atoms with Gasteiger partial charge in [0.05, 0.1) is 8.07 Å². The third-order valence-electron chi connectivity index (χ3n) is 4.23. The van der Waals surface area contributed by atoms with Gasteiger partial charge in [-0.05, 0) is 6.42 Å². The van der Waals surface area contributed by atoms with E-state index >= 15 is 0 Å². The van der Waals surface area contributed by atoms with E-state index in [9.17, 15) is 4.79 Å². The second kappa shape index (κ2) is 6.85. The fourth-order valence-electron chi connectivity index (χ4n) is 3.41. The maximum Gasteiger partial charge on any atom is 0.185 e. The van der Waals surface area contributed by atoms with Gasteiger partial charge in [-0.3, -0.25) is 4.79 Å². The fourth-order valence-corrected chi connectivity index (χ4v) is 10.1. The number of thiol groups is 1. The number of rotatable bonds is 7. The molecule has 0 N–H and O–H groups in total. The lowest BCUT2D eigenvalue weighted by Crippen LogP contribution is -2.44. The summed E-state index contributed by atoms with van der Waals surface area (Å²) in [6.45, 7) is 14.2. The molecule has 0 unspecified atom stereocenters. The minimum absolute atomic E-state index is 0.0409. The summed E-state index contributed by atoms with van der Waals surface area (Å²) in [6.07, 6.45) is 1.67. The molecule has 0 fully saturated rings. The van der Waals surface area contributed by atoms with Crippen LogP contribution in [-0.4, -0.2) is 13.2 Å². The van der Waals surface area contributed by atoms with Crippen molar-refractivity contribution in [3.8, 4) is 0 Å². The molecule has 0 saturated carbocycles. The zero-order valence-electron chi connectivity index (χ0n) is 11.7. The van der Waals surface area contributed by atoms with Crippen LogP contribution in [0, 0.1) is 0 Å². The van der Waals surface area contributed by atoms with Gasteiger partial charge in [-0.15, -0.1) is 12.6 Å². The van der Waals surface area contributed by atoms with Gasteiger partial charge in [-0.1, -0.05) is 64.2 Å². The second-order valence-electron chi connectivity index (χ2n) is 5.82. The highest BCUT2D eigenvalue weighted by molar-refractivity contribution is 7.96. The molecule has 3 heteroatoms. The Morgan fingerprint density at radius 1 is 1.00 bits per heavy atom. The summed E-state index contributed by atoms with van der Waals surface area (Å²) < 4.78 is 0. The molecule has 16 heavy (non-hydrogen) atoms. The summed E-state index contributed by atoms with van der Waals surface area (Å²) in [6, 6.07) is 1.27. The van der Waals surface area contributed by atoms with Gasteiger partial charge in [-0.25, -0.2) is 0 Å². The minimum Gasteiger partial charge on any atom is -0.288 e. The molecule has 0 aliphatic rings. The van der Waals surface area contributed by atoms with Crippen molar-refractivity contribution in [1.29, 1.82) is 0 Å². The number of hydrogen-bond donors (Lipinski definition) is 1. The molecule has 0 heterocycles. The van der Waals surface area contributed by atoms with Crippen molar-refractivity contribution in [2.45, 2.75) is 77.1 Å². The van der Waals surface area contributed by atoms with E-state index in [1.165, 1.54) is 6.04 Å². The van der Waals surface area contributed by atoms with Gasteiger partial charge < -0.3 is 0 Å². The second-order valence-corrected chi connectivity index (χ2v) is 12.5. The molecule has 0 aromatic carbocycles. The van der Waals surface area contributed by atoms with Crippen molar-refractivity contribution in [3.63, 3.8) is 0 Å². The fraction of sp³-hybridized carbons (Fsp3) is 0.923. The molecule has 0 aromatic heterocycles. The lowest BCUT2D eigenvalue weighted by molar-refractivity contribution is -0.110. The molecule has 1 nitrogen and oxygen atoms in total. The molecular weight excluding hydrogens is 232 g/mol. The van der Waals surface area contributed by atoms with Crippen LogP contribution in [0.3, 0.4) is 0 Å². The predicted molar refractivity (Wildman–Crippen MR) is 79.1 cm³/mol. The quantitative estimate of drug-likeness (QED) is 0.509. The molecule has 0 saturated heterocycles. The first kappa shape index (κ1) is 16.2. The van der Waals surface area contributed by atoms with Gasteiger partial charge in [0.25, 0.3) is 0 Å². The van der Waals surface area contributed by atoms with E-state index in [4.69, 9.17) is 0 Å². The average molecular weight is 261 g/mol. The van der Waals surface area contributed by atoms with Crippen molar-refractivity contribution in [2.75, 3.05) is 0 Å². The van der Waals surface area contributed by atoms with Crippen molar-refractivity contribution < 1.29 is 4.79 Å². The summed E-state index contributed by atoms with van der Waals surface area (Å²) in [4.78, 5) is 10.9. The van der Waals surface area contributed by atoms with Crippen LogP contribution in [0.5, 0.6) is 0 Å². The predicted octanol–water partition coefficient (Wildman–Crippen LogP) is 4.90. The van der Waals surface area contributed by atoms with Gasteiger partial charge >= 0.3 is 0 Å². The Labute approximate surface area is 108 Å². The van der Waals surface area contributed by atoms with E-state index in [0.717, 1.165) is 23.0 Å². The van der Waals surface area contributed by atoms with Crippen molar-refractivity contribution in [3.05, 3.63) is 0 Å². The van der Waals surface area contributed by atoms with E-state index in [0.29, 0.717) is 6.42 Å².